The number of nitrogens with one attached hydrogen (secondary N) is 1. The van der Waals surface area contributed by atoms with Crippen molar-refractivity contribution in [3.63, 3.8) is 0 Å². The Bertz CT molecular complexity index is 870. The Balaban J connectivity index is 1.73. The Morgan fingerprint density at radius 3 is 2.56 bits per heavy atom. The summed E-state index contributed by atoms with van der Waals surface area (Å²) in [7, 11) is 0. The van der Waals surface area contributed by atoms with Gasteiger partial charge in [0.1, 0.15) is 12.4 Å². The summed E-state index contributed by atoms with van der Waals surface area (Å²) in [5, 5.41) is 4.75. The minimum atomic E-state index is 0.460. The van der Waals surface area contributed by atoms with Gasteiger partial charge >= 0.3 is 0 Å². The highest BCUT2D eigenvalue weighted by Gasteiger charge is 2.07. The van der Waals surface area contributed by atoms with Gasteiger partial charge in [-0.2, -0.15) is 0 Å². The smallest absolute Gasteiger partial charge is 0.124 e. The van der Waals surface area contributed by atoms with Crippen LogP contribution in [0.2, 0.25) is 10.0 Å². The van der Waals surface area contributed by atoms with Gasteiger partial charge in [0.2, 0.25) is 0 Å². The van der Waals surface area contributed by atoms with Gasteiger partial charge in [-0.1, -0.05) is 63.4 Å². The zero-order valence-electron chi connectivity index (χ0n) is 13.3. The summed E-state index contributed by atoms with van der Waals surface area (Å²) in [6, 6.07) is 21.3. The van der Waals surface area contributed by atoms with E-state index in [0.717, 1.165) is 27.0 Å². The van der Waals surface area contributed by atoms with E-state index < -0.39 is 0 Å². The number of ether oxygens (including phenoxy) is 1. The normalized spacial score (nSPS) is 10.5. The summed E-state index contributed by atoms with van der Waals surface area (Å²) in [5.74, 6) is 0.822. The molecule has 25 heavy (non-hydrogen) atoms. The fraction of sp³-hybridized carbons (Fsp3) is 0.100. The molecular weight excluding hydrogens is 421 g/mol. The van der Waals surface area contributed by atoms with Crippen LogP contribution in [-0.2, 0) is 13.2 Å². The maximum absolute atomic E-state index is 6.20. The molecule has 2 nitrogen and oxygen atoms in total. The molecule has 0 aliphatic rings. The lowest BCUT2D eigenvalue weighted by Crippen LogP contribution is -2.04. The predicted octanol–water partition coefficient (Wildman–Crippen LogP) is 6.95. The van der Waals surface area contributed by atoms with E-state index in [1.54, 1.807) is 0 Å². The standard InChI is InChI=1S/C20H16BrCl2NO/c21-16-8-9-20(25-13-14-4-3-5-17(22)10-14)15(11-16)12-24-19-7-2-1-6-18(19)23/h1-11,24H,12-13H2. The molecule has 0 aliphatic heterocycles. The van der Waals surface area contributed by atoms with Crippen molar-refractivity contribution in [3.8, 4) is 5.75 Å². The molecule has 0 atom stereocenters. The maximum atomic E-state index is 6.20. The van der Waals surface area contributed by atoms with E-state index in [4.69, 9.17) is 27.9 Å². The van der Waals surface area contributed by atoms with Crippen LogP contribution in [0.5, 0.6) is 5.75 Å². The van der Waals surface area contributed by atoms with Gasteiger partial charge in [0.25, 0.3) is 0 Å². The fourth-order valence-electron chi connectivity index (χ4n) is 2.41. The number of hydrogen-bond donors (Lipinski definition) is 1. The summed E-state index contributed by atoms with van der Waals surface area (Å²) in [4.78, 5) is 0. The third-order valence-corrected chi connectivity index (χ3v) is 4.71. The van der Waals surface area contributed by atoms with Crippen molar-refractivity contribution in [1.29, 1.82) is 0 Å². The maximum Gasteiger partial charge on any atom is 0.124 e. The molecule has 0 spiro atoms. The molecule has 0 fully saturated rings. The topological polar surface area (TPSA) is 21.3 Å². The van der Waals surface area contributed by atoms with Crippen LogP contribution in [-0.4, -0.2) is 0 Å². The minimum Gasteiger partial charge on any atom is -0.489 e. The number of para-hydroxylation sites is 1. The van der Waals surface area contributed by atoms with Crippen LogP contribution in [0.15, 0.2) is 71.2 Å². The largest absolute Gasteiger partial charge is 0.489 e. The zero-order valence-corrected chi connectivity index (χ0v) is 16.4. The molecule has 0 bridgehead atoms. The van der Waals surface area contributed by atoms with Gasteiger partial charge in [-0.15, -0.1) is 0 Å². The van der Waals surface area contributed by atoms with Crippen molar-refractivity contribution < 1.29 is 4.74 Å². The van der Waals surface area contributed by atoms with E-state index in [1.165, 1.54) is 0 Å². The summed E-state index contributed by atoms with van der Waals surface area (Å²) >= 11 is 15.7. The van der Waals surface area contributed by atoms with Gasteiger partial charge in [0.15, 0.2) is 0 Å². The lowest BCUT2D eigenvalue weighted by molar-refractivity contribution is 0.303. The highest BCUT2D eigenvalue weighted by molar-refractivity contribution is 9.10. The summed E-state index contributed by atoms with van der Waals surface area (Å²) in [5.41, 5.74) is 2.96. The van der Waals surface area contributed by atoms with E-state index >= 15 is 0 Å². The lowest BCUT2D eigenvalue weighted by atomic mass is 10.2. The Morgan fingerprint density at radius 2 is 1.76 bits per heavy atom. The molecule has 0 radical (unpaired) electrons. The first-order valence-electron chi connectivity index (χ1n) is 7.76. The van der Waals surface area contributed by atoms with Crippen molar-refractivity contribution in [3.05, 3.63) is 92.4 Å². The molecule has 0 amide bonds. The van der Waals surface area contributed by atoms with Crippen LogP contribution < -0.4 is 10.1 Å². The molecule has 5 heteroatoms. The van der Waals surface area contributed by atoms with E-state index in [2.05, 4.69) is 21.2 Å². The number of rotatable bonds is 6. The minimum absolute atomic E-state index is 0.460. The Morgan fingerprint density at radius 1 is 0.920 bits per heavy atom. The third-order valence-electron chi connectivity index (χ3n) is 3.65. The number of anilines is 1. The molecular formula is C20H16BrCl2NO. The SMILES string of the molecule is Clc1cccc(COc2ccc(Br)cc2CNc2ccccc2Cl)c1. The van der Waals surface area contributed by atoms with Crippen molar-refractivity contribution in [2.24, 2.45) is 0 Å². The summed E-state index contributed by atoms with van der Waals surface area (Å²) in [6.45, 7) is 1.06. The molecule has 3 aromatic rings. The second-order valence-corrected chi connectivity index (χ2v) is 7.26. The molecule has 0 heterocycles. The highest BCUT2D eigenvalue weighted by atomic mass is 79.9. The molecule has 0 saturated carbocycles. The van der Waals surface area contributed by atoms with Gasteiger partial charge in [0, 0.05) is 21.6 Å². The molecule has 0 aliphatic carbocycles. The van der Waals surface area contributed by atoms with Gasteiger partial charge < -0.3 is 10.1 Å². The van der Waals surface area contributed by atoms with Crippen LogP contribution >= 0.6 is 39.1 Å². The monoisotopic (exact) mass is 435 g/mol. The van der Waals surface area contributed by atoms with Crippen LogP contribution in [0, 0.1) is 0 Å². The van der Waals surface area contributed by atoms with Gasteiger partial charge in [-0.3, -0.25) is 0 Å². The van der Waals surface area contributed by atoms with Crippen molar-refractivity contribution in [1.82, 2.24) is 0 Å². The Kier molecular flexibility index (Phi) is 6.24. The first kappa shape index (κ1) is 18.1. The first-order valence-corrected chi connectivity index (χ1v) is 9.31. The third kappa shape index (κ3) is 5.15. The first-order chi connectivity index (χ1) is 12.1. The molecule has 0 saturated heterocycles. The highest BCUT2D eigenvalue weighted by Crippen LogP contribution is 2.27. The van der Waals surface area contributed by atoms with Gasteiger partial charge in [0.05, 0.1) is 10.7 Å². The average molecular weight is 437 g/mol. The number of hydrogen-bond acceptors (Lipinski definition) is 2. The van der Waals surface area contributed by atoms with E-state index in [9.17, 15) is 0 Å². The van der Waals surface area contributed by atoms with Crippen LogP contribution in [0.3, 0.4) is 0 Å². The number of benzene rings is 3. The molecule has 1 N–H and O–H groups in total. The Labute approximate surface area is 165 Å². The second kappa shape index (κ2) is 8.61. The summed E-state index contributed by atoms with van der Waals surface area (Å²) in [6.07, 6.45) is 0. The molecule has 128 valence electrons. The van der Waals surface area contributed by atoms with Crippen molar-refractivity contribution in [2.45, 2.75) is 13.2 Å². The average Bonchev–Trinajstić information content (AvgIpc) is 2.60. The van der Waals surface area contributed by atoms with Gasteiger partial charge in [-0.25, -0.2) is 0 Å². The zero-order chi connectivity index (χ0) is 17.6. The lowest BCUT2D eigenvalue weighted by Gasteiger charge is -2.14. The van der Waals surface area contributed by atoms with Gasteiger partial charge in [-0.05, 0) is 48.0 Å². The Hall–Kier alpha value is -1.68. The van der Waals surface area contributed by atoms with E-state index in [1.807, 2.05) is 66.7 Å². The van der Waals surface area contributed by atoms with Crippen LogP contribution in [0.25, 0.3) is 0 Å². The molecule has 0 unspecified atom stereocenters. The fourth-order valence-corrected chi connectivity index (χ4v) is 3.23. The molecule has 0 aromatic heterocycles. The van der Waals surface area contributed by atoms with E-state index in [-0.39, 0.29) is 0 Å². The molecule has 3 aromatic carbocycles. The predicted molar refractivity (Wildman–Crippen MR) is 109 cm³/mol. The summed E-state index contributed by atoms with van der Waals surface area (Å²) < 4.78 is 7.00. The van der Waals surface area contributed by atoms with Crippen LogP contribution in [0.4, 0.5) is 5.69 Å². The second-order valence-electron chi connectivity index (χ2n) is 5.50. The van der Waals surface area contributed by atoms with Crippen molar-refractivity contribution >= 4 is 44.8 Å². The van der Waals surface area contributed by atoms with E-state index in [0.29, 0.717) is 23.2 Å². The van der Waals surface area contributed by atoms with Crippen molar-refractivity contribution in [2.75, 3.05) is 5.32 Å². The quantitative estimate of drug-likeness (QED) is 0.451. The molecule has 3 rings (SSSR count). The number of halogens is 3. The van der Waals surface area contributed by atoms with Crippen LogP contribution in [0.1, 0.15) is 11.1 Å².